The number of carbonyl (C=O) groups is 2. The van der Waals surface area contributed by atoms with Crippen molar-refractivity contribution in [3.05, 3.63) is 35.9 Å². The number of aliphatic carboxylic acids is 1. The standard InChI is InChI=1S/C16H22N2O3/c1-11-9-10-18(14(11)16(20)21)15(19)13(17)8-7-12-5-3-2-4-6-12/h2-6,11,13-14H,7-10,17H2,1H3,(H,20,21)/t11?,13-,14?/m0/s1. The molecular formula is C16H22N2O3. The summed E-state index contributed by atoms with van der Waals surface area (Å²) in [6.45, 7) is 2.34. The highest BCUT2D eigenvalue weighted by Crippen LogP contribution is 2.25. The average Bonchev–Trinajstić information content (AvgIpc) is 2.87. The molecule has 0 spiro atoms. The van der Waals surface area contributed by atoms with Gasteiger partial charge in [-0.25, -0.2) is 4.79 Å². The number of likely N-dealkylation sites (tertiary alicyclic amines) is 1. The normalized spacial score (nSPS) is 23.0. The number of benzene rings is 1. The first-order chi connectivity index (χ1) is 10.0. The minimum Gasteiger partial charge on any atom is -0.480 e. The Morgan fingerprint density at radius 3 is 2.67 bits per heavy atom. The molecule has 0 bridgehead atoms. The Kier molecular flexibility index (Phi) is 4.96. The second-order valence-electron chi connectivity index (χ2n) is 5.71. The third-order valence-corrected chi connectivity index (χ3v) is 4.14. The lowest BCUT2D eigenvalue weighted by Crippen LogP contribution is -2.49. The molecule has 5 nitrogen and oxygen atoms in total. The first kappa shape index (κ1) is 15.5. The molecule has 2 unspecified atom stereocenters. The predicted molar refractivity (Wildman–Crippen MR) is 79.7 cm³/mol. The van der Waals surface area contributed by atoms with Gasteiger partial charge in [-0.15, -0.1) is 0 Å². The molecule has 1 amide bonds. The highest BCUT2D eigenvalue weighted by atomic mass is 16.4. The van der Waals surface area contributed by atoms with E-state index in [-0.39, 0.29) is 11.8 Å². The molecule has 21 heavy (non-hydrogen) atoms. The van der Waals surface area contributed by atoms with Crippen molar-refractivity contribution in [1.29, 1.82) is 0 Å². The number of aryl methyl sites for hydroxylation is 1. The third-order valence-electron chi connectivity index (χ3n) is 4.14. The molecule has 0 radical (unpaired) electrons. The number of hydrogen-bond donors (Lipinski definition) is 2. The first-order valence-electron chi connectivity index (χ1n) is 7.33. The van der Waals surface area contributed by atoms with Gasteiger partial charge in [0.25, 0.3) is 0 Å². The summed E-state index contributed by atoms with van der Waals surface area (Å²) in [6, 6.07) is 8.45. The van der Waals surface area contributed by atoms with Crippen LogP contribution >= 0.6 is 0 Å². The summed E-state index contributed by atoms with van der Waals surface area (Å²) in [5.74, 6) is -1.21. The Bertz CT molecular complexity index is 504. The van der Waals surface area contributed by atoms with Crippen molar-refractivity contribution in [1.82, 2.24) is 4.90 Å². The lowest BCUT2D eigenvalue weighted by atomic mass is 10.0. The number of carboxylic acids is 1. The van der Waals surface area contributed by atoms with Gasteiger partial charge in [0.2, 0.25) is 5.91 Å². The van der Waals surface area contributed by atoms with E-state index in [1.165, 1.54) is 4.90 Å². The predicted octanol–water partition coefficient (Wildman–Crippen LogP) is 1.27. The van der Waals surface area contributed by atoms with E-state index in [9.17, 15) is 14.7 Å². The van der Waals surface area contributed by atoms with Crippen molar-refractivity contribution in [2.24, 2.45) is 11.7 Å². The van der Waals surface area contributed by atoms with Crippen LogP contribution in [0.5, 0.6) is 0 Å². The van der Waals surface area contributed by atoms with Gasteiger partial charge in [0.1, 0.15) is 6.04 Å². The Hall–Kier alpha value is -1.88. The summed E-state index contributed by atoms with van der Waals surface area (Å²) in [5.41, 5.74) is 7.10. The molecule has 2 rings (SSSR count). The van der Waals surface area contributed by atoms with E-state index in [1.807, 2.05) is 37.3 Å². The number of carbonyl (C=O) groups excluding carboxylic acids is 1. The Morgan fingerprint density at radius 1 is 1.38 bits per heavy atom. The number of nitrogens with two attached hydrogens (primary N) is 1. The van der Waals surface area contributed by atoms with E-state index in [4.69, 9.17) is 5.73 Å². The molecule has 5 heteroatoms. The van der Waals surface area contributed by atoms with Crippen molar-refractivity contribution in [3.63, 3.8) is 0 Å². The van der Waals surface area contributed by atoms with Gasteiger partial charge >= 0.3 is 5.97 Å². The molecule has 0 aromatic heterocycles. The zero-order valence-electron chi connectivity index (χ0n) is 12.2. The van der Waals surface area contributed by atoms with Crippen LogP contribution in [0.15, 0.2) is 30.3 Å². The van der Waals surface area contributed by atoms with Gasteiger partial charge < -0.3 is 15.7 Å². The molecule has 1 aromatic carbocycles. The zero-order valence-corrected chi connectivity index (χ0v) is 12.2. The lowest BCUT2D eigenvalue weighted by Gasteiger charge is -2.26. The summed E-state index contributed by atoms with van der Waals surface area (Å²) < 4.78 is 0. The number of amides is 1. The minimum absolute atomic E-state index is 0.0206. The molecule has 1 aliphatic rings. The van der Waals surface area contributed by atoms with Crippen molar-refractivity contribution in [2.75, 3.05) is 6.54 Å². The molecule has 1 saturated heterocycles. The molecule has 3 atom stereocenters. The summed E-state index contributed by atoms with van der Waals surface area (Å²) in [5, 5.41) is 9.26. The highest BCUT2D eigenvalue weighted by molar-refractivity contribution is 5.87. The zero-order chi connectivity index (χ0) is 15.4. The highest BCUT2D eigenvalue weighted by Gasteiger charge is 2.40. The fourth-order valence-corrected chi connectivity index (χ4v) is 2.87. The summed E-state index contributed by atoms with van der Waals surface area (Å²) in [4.78, 5) is 25.1. The SMILES string of the molecule is CC1CCN(C(=O)[C@@H](N)CCc2ccccc2)C1C(=O)O. The molecule has 0 saturated carbocycles. The molecule has 0 aliphatic carbocycles. The summed E-state index contributed by atoms with van der Waals surface area (Å²) in [6.07, 6.45) is 1.96. The van der Waals surface area contributed by atoms with Crippen molar-refractivity contribution in [3.8, 4) is 0 Å². The van der Waals surface area contributed by atoms with Crippen molar-refractivity contribution >= 4 is 11.9 Å². The van der Waals surface area contributed by atoms with Crippen LogP contribution in [0.3, 0.4) is 0 Å². The van der Waals surface area contributed by atoms with Crippen LogP contribution < -0.4 is 5.73 Å². The van der Waals surface area contributed by atoms with E-state index < -0.39 is 18.1 Å². The maximum absolute atomic E-state index is 12.4. The summed E-state index contributed by atoms with van der Waals surface area (Å²) >= 11 is 0. The Morgan fingerprint density at radius 2 is 2.05 bits per heavy atom. The van der Waals surface area contributed by atoms with Crippen LogP contribution in [0, 0.1) is 5.92 Å². The number of nitrogens with zero attached hydrogens (tertiary/aromatic N) is 1. The lowest BCUT2D eigenvalue weighted by molar-refractivity contribution is -0.149. The van der Waals surface area contributed by atoms with E-state index >= 15 is 0 Å². The quantitative estimate of drug-likeness (QED) is 0.855. The van der Waals surface area contributed by atoms with Gasteiger partial charge in [-0.2, -0.15) is 0 Å². The number of carboxylic acid groups (broad SMARTS) is 1. The average molecular weight is 290 g/mol. The van der Waals surface area contributed by atoms with Gasteiger partial charge in [0.15, 0.2) is 0 Å². The van der Waals surface area contributed by atoms with Crippen molar-refractivity contribution < 1.29 is 14.7 Å². The number of hydrogen-bond acceptors (Lipinski definition) is 3. The van der Waals surface area contributed by atoms with E-state index in [1.54, 1.807) is 0 Å². The molecule has 1 aromatic rings. The minimum atomic E-state index is -0.941. The van der Waals surface area contributed by atoms with Crippen LogP contribution in [0.4, 0.5) is 0 Å². The van der Waals surface area contributed by atoms with Gasteiger partial charge in [0, 0.05) is 6.54 Å². The number of rotatable bonds is 5. The second kappa shape index (κ2) is 6.72. The molecule has 1 fully saturated rings. The fraction of sp³-hybridized carbons (Fsp3) is 0.500. The molecule has 114 valence electrons. The van der Waals surface area contributed by atoms with E-state index in [0.717, 1.165) is 12.0 Å². The fourth-order valence-electron chi connectivity index (χ4n) is 2.87. The van der Waals surface area contributed by atoms with Crippen LogP contribution in [-0.4, -0.2) is 40.5 Å². The smallest absolute Gasteiger partial charge is 0.326 e. The maximum Gasteiger partial charge on any atom is 0.326 e. The molecule has 1 aliphatic heterocycles. The third kappa shape index (κ3) is 3.61. The van der Waals surface area contributed by atoms with Crippen LogP contribution in [-0.2, 0) is 16.0 Å². The van der Waals surface area contributed by atoms with Gasteiger partial charge in [0.05, 0.1) is 6.04 Å². The summed E-state index contributed by atoms with van der Waals surface area (Å²) in [7, 11) is 0. The van der Waals surface area contributed by atoms with Gasteiger partial charge in [-0.05, 0) is 30.7 Å². The monoisotopic (exact) mass is 290 g/mol. The Labute approximate surface area is 124 Å². The largest absolute Gasteiger partial charge is 0.480 e. The van der Waals surface area contributed by atoms with Gasteiger partial charge in [-0.3, -0.25) is 4.79 Å². The van der Waals surface area contributed by atoms with Crippen LogP contribution in [0.1, 0.15) is 25.3 Å². The Balaban J connectivity index is 1.94. The van der Waals surface area contributed by atoms with Gasteiger partial charge in [-0.1, -0.05) is 37.3 Å². The van der Waals surface area contributed by atoms with Crippen LogP contribution in [0.2, 0.25) is 0 Å². The molecule has 1 heterocycles. The molecule has 3 N–H and O–H groups in total. The van der Waals surface area contributed by atoms with Crippen LogP contribution in [0.25, 0.3) is 0 Å². The van der Waals surface area contributed by atoms with E-state index in [0.29, 0.717) is 19.4 Å². The van der Waals surface area contributed by atoms with E-state index in [2.05, 4.69) is 0 Å². The van der Waals surface area contributed by atoms with Crippen molar-refractivity contribution in [2.45, 2.75) is 38.3 Å². The maximum atomic E-state index is 12.4. The molecular weight excluding hydrogens is 268 g/mol. The topological polar surface area (TPSA) is 83.6 Å². The first-order valence-corrected chi connectivity index (χ1v) is 7.33. The second-order valence-corrected chi connectivity index (χ2v) is 5.71.